The molecule has 1 aliphatic rings. The first kappa shape index (κ1) is 24.2. The highest BCUT2D eigenvalue weighted by Gasteiger charge is 2.24. The molecule has 0 bridgehead atoms. The van der Waals surface area contributed by atoms with E-state index in [0.29, 0.717) is 11.4 Å². The molecule has 0 radical (unpaired) electrons. The van der Waals surface area contributed by atoms with Crippen molar-refractivity contribution in [3.63, 3.8) is 0 Å². The van der Waals surface area contributed by atoms with Gasteiger partial charge in [0.15, 0.2) is 0 Å². The molecular weight excluding hydrogens is 412 g/mol. The summed E-state index contributed by atoms with van der Waals surface area (Å²) in [5.74, 6) is -0.329. The van der Waals surface area contributed by atoms with Gasteiger partial charge in [-0.25, -0.2) is 4.79 Å². The number of hydrogen-bond acceptors (Lipinski definition) is 4. The van der Waals surface area contributed by atoms with Crippen LogP contribution in [0.3, 0.4) is 0 Å². The SMILES string of the molecule is CCCCCCCNC(=O)O.O=C1NC(=O)C(=Cc2cccc(-c3ccccc3)c2)S1. The van der Waals surface area contributed by atoms with Crippen molar-refractivity contribution in [2.45, 2.75) is 39.0 Å². The number of nitrogens with one attached hydrogen (secondary N) is 2. The summed E-state index contributed by atoms with van der Waals surface area (Å²) in [5.41, 5.74) is 3.10. The van der Waals surface area contributed by atoms with Crippen LogP contribution >= 0.6 is 11.8 Å². The lowest BCUT2D eigenvalue weighted by Crippen LogP contribution is -2.21. The molecule has 3 N–H and O–H groups in total. The monoisotopic (exact) mass is 440 g/mol. The first-order chi connectivity index (χ1) is 15.0. The zero-order chi connectivity index (χ0) is 22.5. The number of rotatable bonds is 8. The molecule has 31 heavy (non-hydrogen) atoms. The number of imide groups is 1. The quantitative estimate of drug-likeness (QED) is 0.351. The minimum atomic E-state index is -0.916. The molecule has 2 aromatic carbocycles. The Morgan fingerprint density at radius 1 is 1.00 bits per heavy atom. The van der Waals surface area contributed by atoms with Gasteiger partial charge in [-0.1, -0.05) is 81.1 Å². The van der Waals surface area contributed by atoms with Gasteiger partial charge in [0.25, 0.3) is 11.1 Å². The Labute approximate surface area is 187 Å². The summed E-state index contributed by atoms with van der Waals surface area (Å²) < 4.78 is 0. The predicted molar refractivity (Wildman–Crippen MR) is 126 cm³/mol. The fourth-order valence-electron chi connectivity index (χ4n) is 2.93. The largest absolute Gasteiger partial charge is 0.465 e. The van der Waals surface area contributed by atoms with E-state index in [1.165, 1.54) is 19.3 Å². The maximum Gasteiger partial charge on any atom is 0.404 e. The molecule has 0 unspecified atom stereocenters. The predicted octanol–water partition coefficient (Wildman–Crippen LogP) is 5.90. The zero-order valence-corrected chi connectivity index (χ0v) is 18.4. The second-order valence-corrected chi connectivity index (χ2v) is 8.00. The van der Waals surface area contributed by atoms with Crippen LogP contribution in [0.1, 0.15) is 44.6 Å². The van der Waals surface area contributed by atoms with Gasteiger partial charge in [0.2, 0.25) is 0 Å². The van der Waals surface area contributed by atoms with Crippen LogP contribution in [0, 0.1) is 0 Å². The van der Waals surface area contributed by atoms with E-state index in [1.54, 1.807) is 6.08 Å². The lowest BCUT2D eigenvalue weighted by atomic mass is 10.0. The van der Waals surface area contributed by atoms with Crippen molar-refractivity contribution in [3.05, 3.63) is 65.1 Å². The molecule has 0 atom stereocenters. The number of benzene rings is 2. The summed E-state index contributed by atoms with van der Waals surface area (Å²) >= 11 is 0.932. The summed E-state index contributed by atoms with van der Waals surface area (Å²) in [6, 6.07) is 17.9. The van der Waals surface area contributed by atoms with Gasteiger partial charge >= 0.3 is 6.09 Å². The van der Waals surface area contributed by atoms with Gasteiger partial charge in [0.05, 0.1) is 4.91 Å². The number of carbonyl (C=O) groups is 3. The minimum Gasteiger partial charge on any atom is -0.465 e. The van der Waals surface area contributed by atoms with E-state index < -0.39 is 6.09 Å². The molecule has 0 aliphatic carbocycles. The van der Waals surface area contributed by atoms with Crippen molar-refractivity contribution < 1.29 is 19.5 Å². The number of carboxylic acid groups (broad SMARTS) is 1. The Balaban J connectivity index is 0.000000267. The summed E-state index contributed by atoms with van der Waals surface area (Å²) in [5, 5.41) is 12.5. The van der Waals surface area contributed by atoms with E-state index in [2.05, 4.69) is 17.6 Å². The molecule has 1 heterocycles. The first-order valence-corrected chi connectivity index (χ1v) is 11.2. The third kappa shape index (κ3) is 9.09. The fraction of sp³-hybridized carbons (Fsp3) is 0.292. The van der Waals surface area contributed by atoms with Crippen molar-refractivity contribution >= 4 is 35.1 Å². The lowest BCUT2D eigenvalue weighted by Gasteiger charge is -2.03. The Morgan fingerprint density at radius 2 is 1.71 bits per heavy atom. The maximum atomic E-state index is 11.5. The molecule has 2 aromatic rings. The van der Waals surface area contributed by atoms with Crippen LogP contribution in [0.5, 0.6) is 0 Å². The number of unbranched alkanes of at least 4 members (excludes halogenated alkanes) is 4. The van der Waals surface area contributed by atoms with Crippen LogP contribution in [0.25, 0.3) is 17.2 Å². The van der Waals surface area contributed by atoms with Crippen LogP contribution in [-0.2, 0) is 4.79 Å². The van der Waals surface area contributed by atoms with Crippen LogP contribution in [0.15, 0.2) is 59.5 Å². The first-order valence-electron chi connectivity index (χ1n) is 10.4. The summed E-state index contributed by atoms with van der Waals surface area (Å²) in [4.78, 5) is 33.1. The van der Waals surface area contributed by atoms with E-state index in [4.69, 9.17) is 5.11 Å². The molecular formula is C24H28N2O4S. The molecule has 3 amide bonds. The number of amides is 3. The molecule has 164 valence electrons. The second-order valence-electron chi connectivity index (χ2n) is 6.99. The average molecular weight is 441 g/mol. The van der Waals surface area contributed by atoms with Gasteiger partial charge in [-0.3, -0.25) is 14.9 Å². The lowest BCUT2D eigenvalue weighted by molar-refractivity contribution is -0.115. The summed E-state index contributed by atoms with van der Waals surface area (Å²) in [6.45, 7) is 2.76. The van der Waals surface area contributed by atoms with Gasteiger partial charge < -0.3 is 10.4 Å². The Morgan fingerprint density at radius 3 is 2.35 bits per heavy atom. The summed E-state index contributed by atoms with van der Waals surface area (Å²) in [7, 11) is 0. The van der Waals surface area contributed by atoms with Crippen molar-refractivity contribution in [2.75, 3.05) is 6.54 Å². The molecule has 7 heteroatoms. The van der Waals surface area contributed by atoms with E-state index >= 15 is 0 Å². The Hall–Kier alpha value is -3.06. The van der Waals surface area contributed by atoms with E-state index in [-0.39, 0.29) is 11.1 Å². The third-order valence-electron chi connectivity index (χ3n) is 4.49. The maximum absolute atomic E-state index is 11.5. The smallest absolute Gasteiger partial charge is 0.404 e. The van der Waals surface area contributed by atoms with Crippen molar-refractivity contribution in [3.8, 4) is 11.1 Å². The molecule has 3 rings (SSSR count). The third-order valence-corrected chi connectivity index (χ3v) is 5.30. The van der Waals surface area contributed by atoms with Gasteiger partial charge in [-0.05, 0) is 47.0 Å². The van der Waals surface area contributed by atoms with Crippen LogP contribution in [0.4, 0.5) is 9.59 Å². The molecule has 1 aliphatic heterocycles. The van der Waals surface area contributed by atoms with Gasteiger partial charge in [-0.2, -0.15) is 0 Å². The Bertz CT molecular complexity index is 913. The standard InChI is InChI=1S/C16H11NO2S.C8H17NO2/c18-15-14(20-16(19)17-15)10-11-5-4-8-13(9-11)12-6-2-1-3-7-12;1-2-3-4-5-6-7-9-8(10)11/h1-10H,(H,17,18,19);9H,2-7H2,1H3,(H,10,11). The van der Waals surface area contributed by atoms with E-state index in [9.17, 15) is 14.4 Å². The van der Waals surface area contributed by atoms with Crippen molar-refractivity contribution in [1.82, 2.24) is 10.6 Å². The van der Waals surface area contributed by atoms with E-state index in [1.807, 2.05) is 54.6 Å². The summed E-state index contributed by atoms with van der Waals surface area (Å²) in [6.07, 6.45) is 6.62. The Kier molecular flexibility index (Phi) is 10.4. The highest BCUT2D eigenvalue weighted by Crippen LogP contribution is 2.27. The second kappa shape index (κ2) is 13.3. The van der Waals surface area contributed by atoms with Gasteiger partial charge in [0, 0.05) is 6.54 Å². The highest BCUT2D eigenvalue weighted by atomic mass is 32.2. The fourth-order valence-corrected chi connectivity index (χ4v) is 3.62. The van der Waals surface area contributed by atoms with Crippen LogP contribution in [-0.4, -0.2) is 28.9 Å². The van der Waals surface area contributed by atoms with Crippen molar-refractivity contribution in [2.24, 2.45) is 0 Å². The van der Waals surface area contributed by atoms with E-state index in [0.717, 1.165) is 41.3 Å². The molecule has 0 saturated carbocycles. The molecule has 1 saturated heterocycles. The highest BCUT2D eigenvalue weighted by molar-refractivity contribution is 8.18. The van der Waals surface area contributed by atoms with Gasteiger partial charge in [0.1, 0.15) is 0 Å². The topological polar surface area (TPSA) is 95.5 Å². The van der Waals surface area contributed by atoms with Crippen molar-refractivity contribution in [1.29, 1.82) is 0 Å². The number of thioether (sulfide) groups is 1. The average Bonchev–Trinajstić information content (AvgIpc) is 3.08. The molecule has 6 nitrogen and oxygen atoms in total. The van der Waals surface area contributed by atoms with Crippen LogP contribution in [0.2, 0.25) is 0 Å². The number of carbonyl (C=O) groups excluding carboxylic acids is 2. The van der Waals surface area contributed by atoms with Gasteiger partial charge in [-0.15, -0.1) is 0 Å². The number of hydrogen-bond donors (Lipinski definition) is 3. The molecule has 0 aromatic heterocycles. The zero-order valence-electron chi connectivity index (χ0n) is 17.6. The minimum absolute atomic E-state index is 0.319. The van der Waals surface area contributed by atoms with Crippen LogP contribution < -0.4 is 10.6 Å². The molecule has 1 fully saturated rings. The normalized spacial score (nSPS) is 14.0. The molecule has 0 spiro atoms.